The fourth-order valence-electron chi connectivity index (χ4n) is 1.92. The quantitative estimate of drug-likeness (QED) is 0.791. The van der Waals surface area contributed by atoms with Crippen molar-refractivity contribution in [2.24, 2.45) is 10.8 Å². The van der Waals surface area contributed by atoms with Gasteiger partial charge in [-0.15, -0.1) is 10.2 Å². The van der Waals surface area contributed by atoms with Crippen LogP contribution < -0.4 is 5.32 Å². The molecular formula is C9H15N3S. The predicted octanol–water partition coefficient (Wildman–Crippen LogP) is 2.38. The average Bonchev–Trinajstić information content (AvgIpc) is 2.44. The van der Waals surface area contributed by atoms with Gasteiger partial charge in [0.25, 0.3) is 0 Å². The third kappa shape index (κ3) is 1.15. The lowest BCUT2D eigenvalue weighted by atomic mass is 10.0. The van der Waals surface area contributed by atoms with Crippen LogP contribution in [-0.4, -0.2) is 16.2 Å². The first kappa shape index (κ1) is 8.94. The summed E-state index contributed by atoms with van der Waals surface area (Å²) in [5.74, 6) is 0. The van der Waals surface area contributed by atoms with Crippen molar-refractivity contribution in [2.45, 2.75) is 33.7 Å². The van der Waals surface area contributed by atoms with E-state index in [1.807, 2.05) is 0 Å². The molecule has 0 radical (unpaired) electrons. The molecule has 1 aliphatic rings. The topological polar surface area (TPSA) is 37.8 Å². The van der Waals surface area contributed by atoms with Crippen molar-refractivity contribution in [1.82, 2.24) is 10.2 Å². The fraction of sp³-hybridized carbons (Fsp3) is 0.778. The predicted molar refractivity (Wildman–Crippen MR) is 54.9 cm³/mol. The lowest BCUT2D eigenvalue weighted by Crippen LogP contribution is -2.09. The number of hydrogen-bond acceptors (Lipinski definition) is 4. The Morgan fingerprint density at radius 2 is 1.92 bits per heavy atom. The summed E-state index contributed by atoms with van der Waals surface area (Å²) in [7, 11) is 0. The maximum Gasteiger partial charge on any atom is 0.205 e. The molecule has 0 saturated heterocycles. The molecule has 1 fully saturated rings. The van der Waals surface area contributed by atoms with Crippen molar-refractivity contribution in [3.8, 4) is 0 Å². The number of nitrogens with one attached hydrogen (secondary N) is 1. The first-order chi connectivity index (χ1) is 5.96. The maximum atomic E-state index is 3.98. The van der Waals surface area contributed by atoms with Crippen molar-refractivity contribution in [2.75, 3.05) is 5.32 Å². The summed E-state index contributed by atoms with van der Waals surface area (Å²) in [5, 5.41) is 12.1. The Balaban J connectivity index is 2.07. The van der Waals surface area contributed by atoms with Gasteiger partial charge in [-0.2, -0.15) is 0 Å². The smallest absolute Gasteiger partial charge is 0.205 e. The van der Waals surface area contributed by atoms with Gasteiger partial charge >= 0.3 is 0 Å². The summed E-state index contributed by atoms with van der Waals surface area (Å²) < 4.78 is 0. The lowest BCUT2D eigenvalue weighted by molar-refractivity contribution is 0.457. The Hall–Kier alpha value is -0.640. The molecule has 1 aliphatic carbocycles. The van der Waals surface area contributed by atoms with Crippen LogP contribution in [0.2, 0.25) is 0 Å². The standard InChI is InChI=1S/C9H15N3S/c1-8(2)6(9(8,3)4)11-7-12-10-5-13-7/h5-6H,1-4H3,(H,11,12). The maximum absolute atomic E-state index is 3.98. The van der Waals surface area contributed by atoms with Crippen LogP contribution in [0, 0.1) is 10.8 Å². The lowest BCUT2D eigenvalue weighted by Gasteiger charge is -2.02. The molecule has 1 aromatic heterocycles. The average molecular weight is 197 g/mol. The fourth-order valence-corrected chi connectivity index (χ4v) is 2.39. The van der Waals surface area contributed by atoms with Gasteiger partial charge in [0, 0.05) is 6.04 Å². The normalized spacial score (nSPS) is 24.3. The van der Waals surface area contributed by atoms with Crippen LogP contribution in [0.4, 0.5) is 5.13 Å². The second-order valence-corrected chi connectivity index (χ2v) is 5.60. The van der Waals surface area contributed by atoms with Gasteiger partial charge in [-0.3, -0.25) is 0 Å². The van der Waals surface area contributed by atoms with Gasteiger partial charge < -0.3 is 5.32 Å². The molecule has 0 atom stereocenters. The van der Waals surface area contributed by atoms with Crippen molar-refractivity contribution in [3.05, 3.63) is 5.51 Å². The van der Waals surface area contributed by atoms with Crippen molar-refractivity contribution < 1.29 is 0 Å². The summed E-state index contributed by atoms with van der Waals surface area (Å²) in [4.78, 5) is 0. The molecule has 0 spiro atoms. The number of nitrogens with zero attached hydrogens (tertiary/aromatic N) is 2. The molecule has 1 aromatic rings. The Kier molecular flexibility index (Phi) is 1.68. The molecule has 1 heterocycles. The molecule has 2 rings (SSSR count). The highest BCUT2D eigenvalue weighted by atomic mass is 32.1. The minimum absolute atomic E-state index is 0.360. The van der Waals surface area contributed by atoms with Crippen LogP contribution in [0.3, 0.4) is 0 Å². The second-order valence-electron chi connectivity index (χ2n) is 4.76. The molecule has 3 nitrogen and oxygen atoms in total. The van der Waals surface area contributed by atoms with E-state index in [9.17, 15) is 0 Å². The van der Waals surface area contributed by atoms with E-state index < -0.39 is 0 Å². The third-order valence-corrected chi connectivity index (χ3v) is 4.27. The van der Waals surface area contributed by atoms with Gasteiger partial charge in [-0.1, -0.05) is 39.0 Å². The van der Waals surface area contributed by atoms with Gasteiger partial charge in [0.1, 0.15) is 5.51 Å². The molecule has 0 bridgehead atoms. The first-order valence-corrected chi connectivity index (χ1v) is 5.37. The molecule has 0 aromatic carbocycles. The zero-order valence-corrected chi connectivity index (χ0v) is 9.27. The zero-order valence-electron chi connectivity index (χ0n) is 8.46. The number of aromatic nitrogens is 2. The summed E-state index contributed by atoms with van der Waals surface area (Å²) >= 11 is 1.56. The molecule has 1 saturated carbocycles. The Morgan fingerprint density at radius 1 is 1.31 bits per heavy atom. The van der Waals surface area contributed by atoms with Crippen molar-refractivity contribution in [1.29, 1.82) is 0 Å². The van der Waals surface area contributed by atoms with Crippen LogP contribution in [0.15, 0.2) is 5.51 Å². The van der Waals surface area contributed by atoms with Crippen LogP contribution in [-0.2, 0) is 0 Å². The van der Waals surface area contributed by atoms with E-state index in [0.29, 0.717) is 16.9 Å². The Bertz CT molecular complexity index is 289. The van der Waals surface area contributed by atoms with E-state index in [1.165, 1.54) is 0 Å². The van der Waals surface area contributed by atoms with E-state index >= 15 is 0 Å². The second kappa shape index (κ2) is 2.44. The van der Waals surface area contributed by atoms with Crippen molar-refractivity contribution in [3.63, 3.8) is 0 Å². The number of anilines is 1. The minimum atomic E-state index is 0.360. The highest BCUT2D eigenvalue weighted by molar-refractivity contribution is 7.13. The van der Waals surface area contributed by atoms with Crippen LogP contribution in [0.1, 0.15) is 27.7 Å². The van der Waals surface area contributed by atoms with Gasteiger partial charge in [0.2, 0.25) is 5.13 Å². The largest absolute Gasteiger partial charge is 0.356 e. The molecule has 72 valence electrons. The van der Waals surface area contributed by atoms with E-state index in [-0.39, 0.29) is 0 Å². The molecule has 0 aliphatic heterocycles. The SMILES string of the molecule is CC1(C)C(Nc2nncs2)C1(C)C. The molecule has 0 unspecified atom stereocenters. The Morgan fingerprint density at radius 3 is 2.31 bits per heavy atom. The molecule has 13 heavy (non-hydrogen) atoms. The monoisotopic (exact) mass is 197 g/mol. The van der Waals surface area contributed by atoms with Gasteiger partial charge in [-0.05, 0) is 10.8 Å². The van der Waals surface area contributed by atoms with Gasteiger partial charge in [0.15, 0.2) is 0 Å². The molecule has 1 N–H and O–H groups in total. The molecular weight excluding hydrogens is 182 g/mol. The van der Waals surface area contributed by atoms with Crippen molar-refractivity contribution >= 4 is 16.5 Å². The minimum Gasteiger partial charge on any atom is -0.356 e. The summed E-state index contributed by atoms with van der Waals surface area (Å²) in [6.07, 6.45) is 0. The van der Waals surface area contributed by atoms with Gasteiger partial charge in [-0.25, -0.2) is 0 Å². The Labute approximate surface area is 82.6 Å². The van der Waals surface area contributed by atoms with Crippen LogP contribution in [0.5, 0.6) is 0 Å². The number of rotatable bonds is 2. The summed E-state index contributed by atoms with van der Waals surface area (Å²) in [5.41, 5.74) is 2.47. The van der Waals surface area contributed by atoms with E-state index in [1.54, 1.807) is 16.8 Å². The highest BCUT2D eigenvalue weighted by Crippen LogP contribution is 2.63. The van der Waals surface area contributed by atoms with E-state index in [2.05, 4.69) is 43.2 Å². The summed E-state index contributed by atoms with van der Waals surface area (Å²) in [6, 6.07) is 0.521. The zero-order chi connectivity index (χ0) is 9.69. The highest BCUT2D eigenvalue weighted by Gasteiger charge is 2.65. The van der Waals surface area contributed by atoms with Crippen LogP contribution in [0.25, 0.3) is 0 Å². The third-order valence-electron chi connectivity index (χ3n) is 3.65. The van der Waals surface area contributed by atoms with E-state index in [4.69, 9.17) is 0 Å². The first-order valence-electron chi connectivity index (χ1n) is 4.49. The number of hydrogen-bond donors (Lipinski definition) is 1. The van der Waals surface area contributed by atoms with Crippen LogP contribution >= 0.6 is 11.3 Å². The molecule has 0 amide bonds. The van der Waals surface area contributed by atoms with Gasteiger partial charge in [0.05, 0.1) is 0 Å². The summed E-state index contributed by atoms with van der Waals surface area (Å²) in [6.45, 7) is 9.13. The molecule has 4 heteroatoms. The van der Waals surface area contributed by atoms with E-state index in [0.717, 1.165) is 5.13 Å².